The average molecular weight is 261 g/mol. The topological polar surface area (TPSA) is 21.3 Å². The highest BCUT2D eigenvalue weighted by Crippen LogP contribution is 2.31. The van der Waals surface area contributed by atoms with Gasteiger partial charge in [0.05, 0.1) is 6.61 Å². The zero-order valence-electron chi connectivity index (χ0n) is 12.5. The third-order valence-electron chi connectivity index (χ3n) is 3.86. The van der Waals surface area contributed by atoms with Crippen LogP contribution in [0.4, 0.5) is 5.69 Å². The summed E-state index contributed by atoms with van der Waals surface area (Å²) in [4.78, 5) is 0. The minimum atomic E-state index is 0.611. The maximum atomic E-state index is 5.69. The van der Waals surface area contributed by atoms with Gasteiger partial charge < -0.3 is 10.1 Å². The van der Waals surface area contributed by atoms with E-state index in [4.69, 9.17) is 4.74 Å². The van der Waals surface area contributed by atoms with E-state index in [-0.39, 0.29) is 0 Å². The summed E-state index contributed by atoms with van der Waals surface area (Å²) >= 11 is 0. The summed E-state index contributed by atoms with van der Waals surface area (Å²) in [5.74, 6) is 2.64. The first-order valence-electron chi connectivity index (χ1n) is 7.66. The average Bonchev–Trinajstić information content (AvgIpc) is 2.35. The first-order valence-corrected chi connectivity index (χ1v) is 7.66. The van der Waals surface area contributed by atoms with Gasteiger partial charge in [-0.2, -0.15) is 0 Å². The van der Waals surface area contributed by atoms with E-state index in [1.54, 1.807) is 0 Å². The highest BCUT2D eigenvalue weighted by atomic mass is 16.5. The Balaban J connectivity index is 1.94. The van der Waals surface area contributed by atoms with Gasteiger partial charge in [-0.1, -0.05) is 26.8 Å². The third kappa shape index (κ3) is 4.45. The maximum absolute atomic E-state index is 5.69. The second-order valence-corrected chi connectivity index (χ2v) is 6.14. The number of anilines is 1. The van der Waals surface area contributed by atoms with Crippen LogP contribution in [0.2, 0.25) is 0 Å². The Kier molecular flexibility index (Phi) is 5.12. The molecule has 2 heteroatoms. The number of hydrogen-bond acceptors (Lipinski definition) is 2. The molecule has 0 aliphatic heterocycles. The molecule has 1 aromatic carbocycles. The van der Waals surface area contributed by atoms with Gasteiger partial charge in [0.25, 0.3) is 0 Å². The highest BCUT2D eigenvalue weighted by molar-refractivity contribution is 5.48. The Labute approximate surface area is 117 Å². The molecule has 106 valence electrons. The summed E-state index contributed by atoms with van der Waals surface area (Å²) in [7, 11) is 0. The first-order chi connectivity index (χ1) is 9.17. The minimum absolute atomic E-state index is 0.611. The molecule has 0 aromatic heterocycles. The van der Waals surface area contributed by atoms with Gasteiger partial charge in [-0.25, -0.2) is 0 Å². The van der Waals surface area contributed by atoms with E-state index in [9.17, 15) is 0 Å². The van der Waals surface area contributed by atoms with Gasteiger partial charge in [0, 0.05) is 17.8 Å². The summed E-state index contributed by atoms with van der Waals surface area (Å²) in [5, 5.41) is 3.68. The van der Waals surface area contributed by atoms with E-state index in [2.05, 4.69) is 44.3 Å². The zero-order valence-corrected chi connectivity index (χ0v) is 12.5. The van der Waals surface area contributed by atoms with Gasteiger partial charge in [0.1, 0.15) is 5.75 Å². The lowest BCUT2D eigenvalue weighted by Crippen LogP contribution is -2.30. The number of nitrogens with one attached hydrogen (secondary N) is 1. The molecule has 0 heterocycles. The van der Waals surface area contributed by atoms with Gasteiger partial charge in [-0.3, -0.25) is 0 Å². The van der Waals surface area contributed by atoms with Crippen LogP contribution in [0.25, 0.3) is 0 Å². The van der Waals surface area contributed by atoms with Crippen molar-refractivity contribution in [2.24, 2.45) is 11.8 Å². The number of ether oxygens (including phenoxy) is 1. The molecular formula is C17H27NO. The third-order valence-corrected chi connectivity index (χ3v) is 3.86. The fourth-order valence-corrected chi connectivity index (χ4v) is 3.20. The van der Waals surface area contributed by atoms with E-state index in [0.717, 1.165) is 30.6 Å². The van der Waals surface area contributed by atoms with Gasteiger partial charge in [0.15, 0.2) is 0 Å². The number of benzene rings is 1. The Hall–Kier alpha value is -1.18. The van der Waals surface area contributed by atoms with Crippen molar-refractivity contribution in [3.63, 3.8) is 0 Å². The van der Waals surface area contributed by atoms with Crippen molar-refractivity contribution in [2.75, 3.05) is 11.9 Å². The van der Waals surface area contributed by atoms with Crippen molar-refractivity contribution in [2.45, 2.75) is 52.5 Å². The van der Waals surface area contributed by atoms with Gasteiger partial charge >= 0.3 is 0 Å². The predicted octanol–water partition coefficient (Wildman–Crippen LogP) is 4.71. The zero-order chi connectivity index (χ0) is 13.7. The Morgan fingerprint density at radius 2 is 1.89 bits per heavy atom. The Morgan fingerprint density at radius 3 is 2.58 bits per heavy atom. The summed E-state index contributed by atoms with van der Waals surface area (Å²) in [6.45, 7) is 7.66. The van der Waals surface area contributed by atoms with E-state index >= 15 is 0 Å². The van der Waals surface area contributed by atoms with Crippen LogP contribution in [0.3, 0.4) is 0 Å². The van der Waals surface area contributed by atoms with Crippen LogP contribution in [0, 0.1) is 11.8 Å². The number of rotatable bonds is 5. The molecule has 1 saturated carbocycles. The quantitative estimate of drug-likeness (QED) is 0.828. The highest BCUT2D eigenvalue weighted by Gasteiger charge is 2.23. The molecule has 0 radical (unpaired) electrons. The summed E-state index contributed by atoms with van der Waals surface area (Å²) in [6, 6.07) is 8.98. The van der Waals surface area contributed by atoms with Crippen LogP contribution < -0.4 is 10.1 Å². The molecule has 2 unspecified atom stereocenters. The van der Waals surface area contributed by atoms with E-state index in [0.29, 0.717) is 6.04 Å². The SMILES string of the molecule is CCCOc1cccc(NC2CC(C)CC(C)C2)c1. The van der Waals surface area contributed by atoms with Gasteiger partial charge in [-0.15, -0.1) is 0 Å². The first kappa shape index (κ1) is 14.2. The largest absolute Gasteiger partial charge is 0.494 e. The number of hydrogen-bond donors (Lipinski definition) is 1. The molecule has 0 bridgehead atoms. The molecule has 0 saturated heterocycles. The fraction of sp³-hybridized carbons (Fsp3) is 0.647. The van der Waals surface area contributed by atoms with Crippen LogP contribution in [0.5, 0.6) is 5.75 Å². The molecule has 1 N–H and O–H groups in total. The molecule has 19 heavy (non-hydrogen) atoms. The van der Waals surface area contributed by atoms with Gasteiger partial charge in [-0.05, 0) is 49.7 Å². The summed E-state index contributed by atoms with van der Waals surface area (Å²) in [5.41, 5.74) is 1.19. The standard InChI is InChI=1S/C17H27NO/c1-4-8-19-17-7-5-6-15(12-17)18-16-10-13(2)9-14(3)11-16/h5-7,12-14,16,18H,4,8-11H2,1-3H3. The van der Waals surface area contributed by atoms with Crippen molar-refractivity contribution in [1.29, 1.82) is 0 Å². The molecule has 2 rings (SSSR count). The summed E-state index contributed by atoms with van der Waals surface area (Å²) < 4.78 is 5.69. The lowest BCUT2D eigenvalue weighted by Gasteiger charge is -2.32. The normalized spacial score (nSPS) is 27.0. The molecule has 2 atom stereocenters. The van der Waals surface area contributed by atoms with E-state index in [1.807, 2.05) is 6.07 Å². The predicted molar refractivity (Wildman–Crippen MR) is 81.8 cm³/mol. The van der Waals surface area contributed by atoms with Crippen LogP contribution in [-0.2, 0) is 0 Å². The van der Waals surface area contributed by atoms with Crippen LogP contribution in [-0.4, -0.2) is 12.6 Å². The van der Waals surface area contributed by atoms with Crippen molar-refractivity contribution < 1.29 is 4.74 Å². The van der Waals surface area contributed by atoms with Crippen LogP contribution in [0.1, 0.15) is 46.5 Å². The lowest BCUT2D eigenvalue weighted by molar-refractivity contribution is 0.280. The molecular weight excluding hydrogens is 234 g/mol. The van der Waals surface area contributed by atoms with Crippen LogP contribution in [0.15, 0.2) is 24.3 Å². The smallest absolute Gasteiger partial charge is 0.121 e. The van der Waals surface area contributed by atoms with Gasteiger partial charge in [0.2, 0.25) is 0 Å². The fourth-order valence-electron chi connectivity index (χ4n) is 3.20. The molecule has 2 nitrogen and oxygen atoms in total. The Bertz CT molecular complexity index is 381. The lowest BCUT2D eigenvalue weighted by atomic mass is 9.80. The van der Waals surface area contributed by atoms with Crippen molar-refractivity contribution in [3.05, 3.63) is 24.3 Å². The van der Waals surface area contributed by atoms with Crippen molar-refractivity contribution >= 4 is 5.69 Å². The van der Waals surface area contributed by atoms with E-state index in [1.165, 1.54) is 24.9 Å². The molecule has 1 aromatic rings. The minimum Gasteiger partial charge on any atom is -0.494 e. The summed E-state index contributed by atoms with van der Waals surface area (Å²) in [6.07, 6.45) is 4.99. The molecule has 1 aliphatic carbocycles. The van der Waals surface area contributed by atoms with Crippen molar-refractivity contribution in [3.8, 4) is 5.75 Å². The molecule has 1 aliphatic rings. The monoisotopic (exact) mass is 261 g/mol. The second-order valence-electron chi connectivity index (χ2n) is 6.14. The molecule has 1 fully saturated rings. The molecule has 0 spiro atoms. The Morgan fingerprint density at radius 1 is 1.16 bits per heavy atom. The van der Waals surface area contributed by atoms with Crippen LogP contribution >= 0.6 is 0 Å². The van der Waals surface area contributed by atoms with E-state index < -0.39 is 0 Å². The second kappa shape index (κ2) is 6.83. The molecule has 0 amide bonds. The van der Waals surface area contributed by atoms with Crippen molar-refractivity contribution in [1.82, 2.24) is 0 Å². The maximum Gasteiger partial charge on any atom is 0.121 e.